The second kappa shape index (κ2) is 8.25. The van der Waals surface area contributed by atoms with Crippen molar-refractivity contribution < 1.29 is 17.9 Å². The molecule has 1 amide bonds. The van der Waals surface area contributed by atoms with Gasteiger partial charge in [-0.25, -0.2) is 13.4 Å². The molecule has 1 saturated heterocycles. The molecule has 0 unspecified atom stereocenters. The first kappa shape index (κ1) is 23.4. The summed E-state index contributed by atoms with van der Waals surface area (Å²) in [5, 5.41) is 0.874. The summed E-state index contributed by atoms with van der Waals surface area (Å²) in [5.74, 6) is 0.507. The molecule has 2 aliphatic heterocycles. The van der Waals surface area contributed by atoms with E-state index in [9.17, 15) is 13.2 Å². The van der Waals surface area contributed by atoms with Gasteiger partial charge >= 0.3 is 0 Å². The highest BCUT2D eigenvalue weighted by molar-refractivity contribution is 7.92. The van der Waals surface area contributed by atoms with E-state index in [0.29, 0.717) is 24.7 Å². The number of aromatic nitrogens is 2. The van der Waals surface area contributed by atoms with Crippen LogP contribution in [0.1, 0.15) is 5.56 Å². The highest BCUT2D eigenvalue weighted by Gasteiger charge is 2.56. The molecule has 9 nitrogen and oxygen atoms in total. The van der Waals surface area contributed by atoms with E-state index in [-0.39, 0.29) is 10.8 Å². The van der Waals surface area contributed by atoms with E-state index in [1.165, 1.54) is 0 Å². The number of pyridine rings is 2. The van der Waals surface area contributed by atoms with Gasteiger partial charge in [0, 0.05) is 43.9 Å². The van der Waals surface area contributed by atoms with Crippen molar-refractivity contribution in [2.45, 2.75) is 10.3 Å². The fraction of sp³-hybridized carbons (Fsp3) is 0.222. The van der Waals surface area contributed by atoms with E-state index in [1.807, 2.05) is 18.2 Å². The molecule has 0 bridgehead atoms. The Bertz CT molecular complexity index is 1670. The minimum atomic E-state index is -3.82. The third-order valence-electron chi connectivity index (χ3n) is 7.02. The molecular weight excluding hydrogens is 490 g/mol. The Morgan fingerprint density at radius 1 is 1.00 bits per heavy atom. The van der Waals surface area contributed by atoms with Gasteiger partial charge < -0.3 is 14.5 Å². The van der Waals surface area contributed by atoms with Crippen LogP contribution >= 0.6 is 0 Å². The molecule has 1 fully saturated rings. The largest absolute Gasteiger partial charge is 0.378 e. The van der Waals surface area contributed by atoms with Crippen molar-refractivity contribution in [1.82, 2.24) is 9.97 Å². The van der Waals surface area contributed by atoms with Gasteiger partial charge in [-0.15, -0.1) is 0 Å². The highest BCUT2D eigenvalue weighted by Crippen LogP contribution is 2.49. The lowest BCUT2D eigenvalue weighted by Gasteiger charge is -2.36. The number of benzene rings is 2. The molecule has 0 radical (unpaired) electrons. The third-order valence-corrected chi connectivity index (χ3v) is 8.40. The summed E-state index contributed by atoms with van der Waals surface area (Å²) in [6, 6.07) is 15.8. The van der Waals surface area contributed by atoms with Crippen LogP contribution in [0.15, 0.2) is 71.9 Å². The van der Waals surface area contributed by atoms with Gasteiger partial charge in [0.2, 0.25) is 5.91 Å². The van der Waals surface area contributed by atoms with Crippen molar-refractivity contribution in [3.8, 4) is 11.1 Å². The van der Waals surface area contributed by atoms with Crippen LogP contribution in [0.2, 0.25) is 0 Å². The van der Waals surface area contributed by atoms with Crippen molar-refractivity contribution in [3.63, 3.8) is 0 Å². The van der Waals surface area contributed by atoms with Crippen LogP contribution in [0.25, 0.3) is 22.0 Å². The molecule has 2 aromatic heterocycles. The average molecular weight is 516 g/mol. The molecule has 0 saturated carbocycles. The predicted molar refractivity (Wildman–Crippen MR) is 142 cm³/mol. The first-order chi connectivity index (χ1) is 17.7. The number of nitrogens with one attached hydrogen (secondary N) is 1. The van der Waals surface area contributed by atoms with Gasteiger partial charge in [-0.1, -0.05) is 24.3 Å². The molecule has 1 spiro atoms. The molecule has 10 heteroatoms. The number of nitrogens with zero attached hydrogens (tertiary/aromatic N) is 4. The molecule has 2 aromatic carbocycles. The molecule has 1 N–H and O–H groups in total. The van der Waals surface area contributed by atoms with E-state index in [2.05, 4.69) is 14.7 Å². The maximum absolute atomic E-state index is 13.1. The van der Waals surface area contributed by atoms with Gasteiger partial charge in [-0.2, -0.15) is 0 Å². The van der Waals surface area contributed by atoms with E-state index in [0.717, 1.165) is 33.3 Å². The van der Waals surface area contributed by atoms with Crippen LogP contribution in [-0.2, 0) is 25.0 Å². The molecular formula is C27H25N5O4S. The van der Waals surface area contributed by atoms with Gasteiger partial charge in [0.05, 0.1) is 41.2 Å². The number of rotatable bonds is 5. The predicted octanol–water partition coefficient (Wildman–Crippen LogP) is 3.41. The SMILES string of the molecule is CN(C)c1ncc(-c2ccc3ncc4c(c3c2)C2(COC2)C(=O)N4C)cc1NS(=O)(=O)c1ccccc1. The Kier molecular flexibility index (Phi) is 5.22. The normalized spacial score (nSPS) is 16.1. The highest BCUT2D eigenvalue weighted by atomic mass is 32.2. The first-order valence-electron chi connectivity index (χ1n) is 11.8. The second-order valence-electron chi connectivity index (χ2n) is 9.60. The minimum Gasteiger partial charge on any atom is -0.378 e. The standard InChI is InChI=1S/C27H25N5O4S/c1-31(2)25-22(30-37(34,35)19-7-5-4-6-8-19)12-18(13-29-25)17-9-10-21-20(11-17)24-23(14-28-21)32(3)26(33)27(24)15-36-16-27/h4-14,30H,15-16H2,1-3H3. The zero-order chi connectivity index (χ0) is 25.9. The number of carbonyl (C=O) groups excluding carboxylic acids is 1. The number of hydrogen-bond acceptors (Lipinski definition) is 7. The molecule has 4 heterocycles. The van der Waals surface area contributed by atoms with Crippen LogP contribution in [0.5, 0.6) is 0 Å². The maximum Gasteiger partial charge on any atom is 0.262 e. The van der Waals surface area contributed by atoms with Gasteiger partial charge in [0.25, 0.3) is 10.0 Å². The molecule has 0 atom stereocenters. The second-order valence-corrected chi connectivity index (χ2v) is 11.3. The molecule has 2 aliphatic rings. The van der Waals surface area contributed by atoms with Gasteiger partial charge in [-0.05, 0) is 35.9 Å². The molecule has 6 rings (SSSR count). The molecule has 0 aliphatic carbocycles. The van der Waals surface area contributed by atoms with Crippen molar-refractivity contribution in [2.75, 3.05) is 48.9 Å². The van der Waals surface area contributed by atoms with Crippen molar-refractivity contribution in [1.29, 1.82) is 0 Å². The summed E-state index contributed by atoms with van der Waals surface area (Å²) < 4.78 is 34.4. The van der Waals surface area contributed by atoms with Crippen molar-refractivity contribution >= 4 is 44.0 Å². The lowest BCUT2D eigenvalue weighted by molar-refractivity contribution is -0.139. The van der Waals surface area contributed by atoms with E-state index in [4.69, 9.17) is 4.74 Å². The Hall–Kier alpha value is -4.02. The fourth-order valence-electron chi connectivity index (χ4n) is 5.08. The van der Waals surface area contributed by atoms with Crippen molar-refractivity contribution in [3.05, 3.63) is 72.6 Å². The van der Waals surface area contributed by atoms with Crippen LogP contribution < -0.4 is 14.5 Å². The Morgan fingerprint density at radius 2 is 1.76 bits per heavy atom. The van der Waals surface area contributed by atoms with Gasteiger partial charge in [0.1, 0.15) is 5.41 Å². The summed E-state index contributed by atoms with van der Waals surface area (Å²) in [4.78, 5) is 25.8. The number of carbonyl (C=O) groups is 1. The lowest BCUT2D eigenvalue weighted by atomic mass is 9.78. The van der Waals surface area contributed by atoms with E-state index in [1.54, 1.807) is 79.7 Å². The number of amides is 1. The number of ether oxygens (including phenoxy) is 1. The number of sulfonamides is 1. The Labute approximate surface area is 214 Å². The summed E-state index contributed by atoms with van der Waals surface area (Å²) in [7, 11) is 1.56. The summed E-state index contributed by atoms with van der Waals surface area (Å²) in [5.41, 5.74) is 3.73. The number of likely N-dealkylation sites (N-methyl/N-ethyl adjacent to an activating group) is 1. The van der Waals surface area contributed by atoms with Gasteiger partial charge in [0.15, 0.2) is 5.82 Å². The van der Waals surface area contributed by atoms with Crippen LogP contribution in [-0.4, -0.2) is 58.6 Å². The van der Waals surface area contributed by atoms with E-state index >= 15 is 0 Å². The van der Waals surface area contributed by atoms with Crippen molar-refractivity contribution in [2.24, 2.45) is 0 Å². The summed E-state index contributed by atoms with van der Waals surface area (Å²) in [6.45, 7) is 0.689. The first-order valence-corrected chi connectivity index (χ1v) is 13.2. The van der Waals surface area contributed by atoms with E-state index < -0.39 is 15.4 Å². The molecule has 37 heavy (non-hydrogen) atoms. The molecule has 4 aromatic rings. The third kappa shape index (κ3) is 3.55. The zero-order valence-electron chi connectivity index (χ0n) is 20.6. The van der Waals surface area contributed by atoms with Gasteiger partial charge in [-0.3, -0.25) is 14.5 Å². The quantitative estimate of drug-likeness (QED) is 0.434. The number of anilines is 3. The zero-order valence-corrected chi connectivity index (χ0v) is 21.4. The average Bonchev–Trinajstić information content (AvgIpc) is 3.11. The van der Waals surface area contributed by atoms with Crippen LogP contribution in [0.4, 0.5) is 17.2 Å². The fourth-order valence-corrected chi connectivity index (χ4v) is 6.15. The monoisotopic (exact) mass is 515 g/mol. The number of fused-ring (bicyclic) bond motifs is 4. The topological polar surface area (TPSA) is 105 Å². The molecule has 188 valence electrons. The summed E-state index contributed by atoms with van der Waals surface area (Å²) in [6.07, 6.45) is 3.46. The maximum atomic E-state index is 13.1. The lowest BCUT2D eigenvalue weighted by Crippen LogP contribution is -2.53. The number of hydrogen-bond donors (Lipinski definition) is 1. The summed E-state index contributed by atoms with van der Waals surface area (Å²) >= 11 is 0. The smallest absolute Gasteiger partial charge is 0.262 e. The van der Waals surface area contributed by atoms with Crippen LogP contribution in [0, 0.1) is 0 Å². The Balaban J connectivity index is 1.47. The van der Waals surface area contributed by atoms with Crippen LogP contribution in [0.3, 0.4) is 0 Å². The minimum absolute atomic E-state index is 0.0167. The Morgan fingerprint density at radius 3 is 2.43 bits per heavy atom.